The molecule has 28 heavy (non-hydrogen) atoms. The Labute approximate surface area is 176 Å². The van der Waals surface area contributed by atoms with Gasteiger partial charge in [-0.15, -0.1) is 0 Å². The molecule has 5 heteroatoms. The van der Waals surface area contributed by atoms with Crippen LogP contribution in [0.5, 0.6) is 11.5 Å². The summed E-state index contributed by atoms with van der Waals surface area (Å²) in [7, 11) is 1.62. The summed E-state index contributed by atoms with van der Waals surface area (Å²) in [5, 5.41) is 4.66. The van der Waals surface area contributed by atoms with E-state index in [1.165, 1.54) is 5.56 Å². The van der Waals surface area contributed by atoms with Crippen LogP contribution in [-0.2, 0) is 19.7 Å². The minimum Gasteiger partial charge on any atom is -0.493 e. The van der Waals surface area contributed by atoms with E-state index in [4.69, 9.17) is 32.7 Å². The average molecular weight is 416 g/mol. The molecule has 3 nitrogen and oxygen atoms in total. The van der Waals surface area contributed by atoms with E-state index in [-0.39, 0.29) is 0 Å². The maximum Gasteiger partial charge on any atom is 0.180 e. The summed E-state index contributed by atoms with van der Waals surface area (Å²) in [5.74, 6) is 1.17. The van der Waals surface area contributed by atoms with Gasteiger partial charge in [-0.25, -0.2) is 0 Å². The molecule has 3 aromatic rings. The van der Waals surface area contributed by atoms with Crippen molar-refractivity contribution >= 4 is 23.2 Å². The van der Waals surface area contributed by atoms with E-state index in [0.29, 0.717) is 36.2 Å². The highest BCUT2D eigenvalue weighted by molar-refractivity contribution is 6.32. The third-order valence-corrected chi connectivity index (χ3v) is 5.04. The summed E-state index contributed by atoms with van der Waals surface area (Å²) < 4.78 is 11.4. The second-order valence-corrected chi connectivity index (χ2v) is 7.39. The van der Waals surface area contributed by atoms with Crippen molar-refractivity contribution in [2.45, 2.75) is 26.6 Å². The second-order valence-electron chi connectivity index (χ2n) is 6.58. The molecule has 0 aliphatic heterocycles. The fourth-order valence-electron chi connectivity index (χ4n) is 2.84. The van der Waals surface area contributed by atoms with Crippen molar-refractivity contribution in [3.8, 4) is 11.5 Å². The summed E-state index contributed by atoms with van der Waals surface area (Å²) in [4.78, 5) is 0. The summed E-state index contributed by atoms with van der Waals surface area (Å²) in [5.41, 5.74) is 4.36. The van der Waals surface area contributed by atoms with Crippen LogP contribution in [0.4, 0.5) is 0 Å². The first-order chi connectivity index (χ1) is 13.6. The third kappa shape index (κ3) is 5.41. The van der Waals surface area contributed by atoms with Gasteiger partial charge in [0, 0.05) is 18.1 Å². The van der Waals surface area contributed by atoms with Crippen LogP contribution in [0, 0.1) is 6.92 Å². The molecule has 0 saturated carbocycles. The topological polar surface area (TPSA) is 30.5 Å². The number of aryl methyl sites for hydroxylation is 1. The Morgan fingerprint density at radius 2 is 1.61 bits per heavy atom. The number of halogens is 2. The molecular weight excluding hydrogens is 393 g/mol. The van der Waals surface area contributed by atoms with Crippen LogP contribution in [0.3, 0.4) is 0 Å². The first-order valence-corrected chi connectivity index (χ1v) is 9.81. The second kappa shape index (κ2) is 9.83. The molecule has 0 spiro atoms. The predicted octanol–water partition coefficient (Wildman–Crippen LogP) is 6.18. The van der Waals surface area contributed by atoms with Crippen molar-refractivity contribution in [2.75, 3.05) is 7.11 Å². The van der Waals surface area contributed by atoms with E-state index < -0.39 is 0 Å². The maximum atomic E-state index is 6.47. The van der Waals surface area contributed by atoms with Gasteiger partial charge in [0.2, 0.25) is 0 Å². The molecule has 0 heterocycles. The van der Waals surface area contributed by atoms with Crippen LogP contribution in [-0.4, -0.2) is 7.11 Å². The van der Waals surface area contributed by atoms with Crippen LogP contribution >= 0.6 is 23.2 Å². The van der Waals surface area contributed by atoms with Gasteiger partial charge in [-0.05, 0) is 41.8 Å². The molecule has 0 aliphatic carbocycles. The normalized spacial score (nSPS) is 10.7. The van der Waals surface area contributed by atoms with Gasteiger partial charge in [0.15, 0.2) is 11.5 Å². The minimum absolute atomic E-state index is 0.431. The quantitative estimate of drug-likeness (QED) is 0.476. The zero-order chi connectivity index (χ0) is 19.9. The molecule has 3 aromatic carbocycles. The Morgan fingerprint density at radius 3 is 2.32 bits per heavy atom. The largest absolute Gasteiger partial charge is 0.493 e. The SMILES string of the molecule is COc1cc(CNCc2ccccc2Cl)cc(Cl)c1OCc1ccc(C)cc1. The number of benzene rings is 3. The fourth-order valence-corrected chi connectivity index (χ4v) is 3.33. The smallest absolute Gasteiger partial charge is 0.180 e. The average Bonchev–Trinajstić information content (AvgIpc) is 2.69. The van der Waals surface area contributed by atoms with Crippen molar-refractivity contribution in [1.82, 2.24) is 5.32 Å². The molecule has 0 radical (unpaired) electrons. The van der Waals surface area contributed by atoms with Gasteiger partial charge in [0.1, 0.15) is 6.61 Å². The molecule has 0 amide bonds. The molecule has 0 aromatic heterocycles. The highest BCUT2D eigenvalue weighted by atomic mass is 35.5. The number of methoxy groups -OCH3 is 1. The zero-order valence-electron chi connectivity index (χ0n) is 16.0. The lowest BCUT2D eigenvalue weighted by Crippen LogP contribution is -2.13. The molecule has 0 aliphatic rings. The highest BCUT2D eigenvalue weighted by Crippen LogP contribution is 2.37. The maximum absolute atomic E-state index is 6.47. The van der Waals surface area contributed by atoms with Crippen molar-refractivity contribution in [3.63, 3.8) is 0 Å². The number of hydrogen-bond donors (Lipinski definition) is 1. The molecule has 0 saturated heterocycles. The lowest BCUT2D eigenvalue weighted by molar-refractivity contribution is 0.284. The van der Waals surface area contributed by atoms with Gasteiger partial charge in [-0.2, -0.15) is 0 Å². The lowest BCUT2D eigenvalue weighted by Gasteiger charge is -2.15. The van der Waals surface area contributed by atoms with E-state index in [9.17, 15) is 0 Å². The van der Waals surface area contributed by atoms with Gasteiger partial charge in [-0.3, -0.25) is 0 Å². The Balaban J connectivity index is 1.65. The summed E-state index contributed by atoms with van der Waals surface area (Å²) >= 11 is 12.7. The Kier molecular flexibility index (Phi) is 7.21. The van der Waals surface area contributed by atoms with E-state index in [0.717, 1.165) is 21.7 Å². The molecule has 3 rings (SSSR count). The van der Waals surface area contributed by atoms with Gasteiger partial charge >= 0.3 is 0 Å². The standard InChI is InChI=1S/C23H23Cl2NO2/c1-16-7-9-17(10-8-16)15-28-23-21(25)11-18(12-22(23)27-2)13-26-14-19-5-3-4-6-20(19)24/h3-12,26H,13-15H2,1-2H3. The third-order valence-electron chi connectivity index (χ3n) is 4.40. The summed E-state index contributed by atoms with van der Waals surface area (Å²) in [6.45, 7) is 3.80. The van der Waals surface area contributed by atoms with Crippen molar-refractivity contribution in [3.05, 3.63) is 93.0 Å². The van der Waals surface area contributed by atoms with Crippen molar-refractivity contribution in [1.29, 1.82) is 0 Å². The van der Waals surface area contributed by atoms with Crippen LogP contribution in [0.2, 0.25) is 10.0 Å². The van der Waals surface area contributed by atoms with Crippen molar-refractivity contribution < 1.29 is 9.47 Å². The molecule has 0 atom stereocenters. The molecule has 1 N–H and O–H groups in total. The first-order valence-electron chi connectivity index (χ1n) is 9.05. The summed E-state index contributed by atoms with van der Waals surface area (Å²) in [6.07, 6.45) is 0. The monoisotopic (exact) mass is 415 g/mol. The molecule has 0 unspecified atom stereocenters. The van der Waals surface area contributed by atoms with E-state index in [1.54, 1.807) is 7.11 Å². The molecule has 0 fully saturated rings. The Bertz CT molecular complexity index is 926. The van der Waals surface area contributed by atoms with Gasteiger partial charge in [0.05, 0.1) is 12.1 Å². The fraction of sp³-hybridized carbons (Fsp3) is 0.217. The highest BCUT2D eigenvalue weighted by Gasteiger charge is 2.12. The number of ether oxygens (including phenoxy) is 2. The number of rotatable bonds is 8. The van der Waals surface area contributed by atoms with Crippen LogP contribution in [0.1, 0.15) is 22.3 Å². The van der Waals surface area contributed by atoms with Gasteiger partial charge in [-0.1, -0.05) is 71.2 Å². The Morgan fingerprint density at radius 1 is 0.857 bits per heavy atom. The molecule has 0 bridgehead atoms. The van der Waals surface area contributed by atoms with E-state index in [2.05, 4.69) is 24.4 Å². The summed E-state index contributed by atoms with van der Waals surface area (Å²) in [6, 6.07) is 19.8. The van der Waals surface area contributed by atoms with E-state index in [1.807, 2.05) is 48.5 Å². The zero-order valence-corrected chi connectivity index (χ0v) is 17.5. The lowest BCUT2D eigenvalue weighted by atomic mass is 10.1. The Hall–Kier alpha value is -2.20. The minimum atomic E-state index is 0.431. The molecular formula is C23H23Cl2NO2. The first kappa shape index (κ1) is 20.5. The van der Waals surface area contributed by atoms with Gasteiger partial charge < -0.3 is 14.8 Å². The molecule has 146 valence electrons. The predicted molar refractivity (Wildman–Crippen MR) is 116 cm³/mol. The van der Waals surface area contributed by atoms with E-state index >= 15 is 0 Å². The number of nitrogens with one attached hydrogen (secondary N) is 1. The van der Waals surface area contributed by atoms with Crippen molar-refractivity contribution in [2.24, 2.45) is 0 Å². The van der Waals surface area contributed by atoms with Crippen LogP contribution in [0.25, 0.3) is 0 Å². The number of hydrogen-bond acceptors (Lipinski definition) is 3. The van der Waals surface area contributed by atoms with Crippen LogP contribution in [0.15, 0.2) is 60.7 Å². The van der Waals surface area contributed by atoms with Gasteiger partial charge in [0.25, 0.3) is 0 Å². The van der Waals surface area contributed by atoms with Crippen LogP contribution < -0.4 is 14.8 Å².